The number of carbonyl (C=O) groups excluding carboxylic acids is 1. The van der Waals surface area contributed by atoms with Crippen molar-refractivity contribution in [1.29, 1.82) is 0 Å². The Morgan fingerprint density at radius 1 is 1.48 bits per heavy atom. The van der Waals surface area contributed by atoms with E-state index in [0.29, 0.717) is 10.6 Å². The van der Waals surface area contributed by atoms with Crippen LogP contribution in [0.2, 0.25) is 0 Å². The lowest BCUT2D eigenvalue weighted by Crippen LogP contribution is -2.30. The molecule has 2 aromatic heterocycles. The molecule has 0 saturated carbocycles. The molecule has 0 spiro atoms. The van der Waals surface area contributed by atoms with Gasteiger partial charge in [0.1, 0.15) is 5.76 Å². The Morgan fingerprint density at radius 2 is 2.24 bits per heavy atom. The quantitative estimate of drug-likeness (QED) is 0.897. The van der Waals surface area contributed by atoms with Gasteiger partial charge in [0, 0.05) is 30.1 Å². The lowest BCUT2D eigenvalue weighted by Gasteiger charge is -2.26. The summed E-state index contributed by atoms with van der Waals surface area (Å²) in [5.74, 6) is 0.436. The van der Waals surface area contributed by atoms with Crippen LogP contribution in [0.15, 0.2) is 4.52 Å². The number of fused-ring (bicyclic) bond motifs is 1. The van der Waals surface area contributed by atoms with Crippen LogP contribution in [0.25, 0.3) is 0 Å². The molecule has 6 nitrogen and oxygen atoms in total. The second-order valence-corrected chi connectivity index (χ2v) is 6.51. The second kappa shape index (κ2) is 5.16. The summed E-state index contributed by atoms with van der Waals surface area (Å²) in [5, 5.41) is 4.52. The molecule has 4 N–H and O–H groups in total. The third-order valence-electron chi connectivity index (χ3n) is 3.97. The standard InChI is InChI=1S/C14H18N4O2S/c1-7-10(8(2)20-17-7)5-18-4-3-9-11(6-18)21-14(16)12(9)13(15)19/h3-6,16H2,1-2H3,(H2,15,19). The first kappa shape index (κ1) is 14.1. The molecule has 1 amide bonds. The molecule has 0 aromatic carbocycles. The minimum Gasteiger partial charge on any atom is -0.390 e. The zero-order valence-corrected chi connectivity index (χ0v) is 12.9. The van der Waals surface area contributed by atoms with Gasteiger partial charge < -0.3 is 16.0 Å². The molecular formula is C14H18N4O2S. The van der Waals surface area contributed by atoms with Crippen LogP contribution < -0.4 is 11.5 Å². The minimum atomic E-state index is -0.427. The lowest BCUT2D eigenvalue weighted by molar-refractivity contribution is 0.1000. The van der Waals surface area contributed by atoms with Gasteiger partial charge in [-0.25, -0.2) is 0 Å². The number of carbonyl (C=O) groups is 1. The molecule has 0 saturated heterocycles. The van der Waals surface area contributed by atoms with E-state index in [9.17, 15) is 4.79 Å². The van der Waals surface area contributed by atoms with Crippen molar-refractivity contribution in [2.24, 2.45) is 5.73 Å². The molecule has 112 valence electrons. The smallest absolute Gasteiger partial charge is 0.251 e. The van der Waals surface area contributed by atoms with E-state index >= 15 is 0 Å². The predicted octanol–water partition coefficient (Wildman–Crippen LogP) is 1.59. The molecule has 0 unspecified atom stereocenters. The molecule has 0 aliphatic carbocycles. The van der Waals surface area contributed by atoms with Gasteiger partial charge in [0.05, 0.1) is 16.3 Å². The van der Waals surface area contributed by atoms with Crippen LogP contribution in [0, 0.1) is 13.8 Å². The van der Waals surface area contributed by atoms with E-state index in [2.05, 4.69) is 10.1 Å². The minimum absolute atomic E-state index is 0.427. The zero-order chi connectivity index (χ0) is 15.1. The Kier molecular flexibility index (Phi) is 3.46. The highest BCUT2D eigenvalue weighted by Gasteiger charge is 2.26. The van der Waals surface area contributed by atoms with Gasteiger partial charge in [0.15, 0.2) is 0 Å². The van der Waals surface area contributed by atoms with E-state index in [1.165, 1.54) is 11.3 Å². The summed E-state index contributed by atoms with van der Waals surface area (Å²) in [5.41, 5.74) is 15.0. The Labute approximate surface area is 126 Å². The van der Waals surface area contributed by atoms with Crippen molar-refractivity contribution < 1.29 is 9.32 Å². The summed E-state index contributed by atoms with van der Waals surface area (Å²) < 4.78 is 5.21. The number of anilines is 1. The van der Waals surface area contributed by atoms with Crippen molar-refractivity contribution >= 4 is 22.2 Å². The zero-order valence-electron chi connectivity index (χ0n) is 12.1. The van der Waals surface area contributed by atoms with E-state index in [0.717, 1.165) is 53.5 Å². The van der Waals surface area contributed by atoms with Crippen molar-refractivity contribution in [1.82, 2.24) is 10.1 Å². The van der Waals surface area contributed by atoms with E-state index in [1.54, 1.807) is 0 Å². The number of nitrogen functional groups attached to an aromatic ring is 1. The van der Waals surface area contributed by atoms with Crippen LogP contribution in [0.1, 0.15) is 37.8 Å². The Balaban J connectivity index is 1.82. The number of aromatic nitrogens is 1. The number of nitrogens with zero attached hydrogens (tertiary/aromatic N) is 2. The maximum atomic E-state index is 11.5. The average molecular weight is 306 g/mol. The fourth-order valence-corrected chi connectivity index (χ4v) is 4.00. The lowest BCUT2D eigenvalue weighted by atomic mass is 10.0. The third-order valence-corrected chi connectivity index (χ3v) is 5.02. The molecule has 0 radical (unpaired) electrons. The Hall–Kier alpha value is -1.86. The first-order valence-electron chi connectivity index (χ1n) is 6.81. The monoisotopic (exact) mass is 306 g/mol. The van der Waals surface area contributed by atoms with Crippen LogP contribution in [-0.2, 0) is 19.5 Å². The molecule has 3 heterocycles. The molecule has 21 heavy (non-hydrogen) atoms. The SMILES string of the molecule is Cc1noc(C)c1CN1CCc2c(sc(N)c2C(N)=O)C1. The number of aryl methyl sites for hydroxylation is 2. The molecule has 1 aliphatic heterocycles. The second-order valence-electron chi connectivity index (χ2n) is 5.37. The number of hydrogen-bond donors (Lipinski definition) is 2. The van der Waals surface area contributed by atoms with Crippen LogP contribution >= 0.6 is 11.3 Å². The predicted molar refractivity (Wildman–Crippen MR) is 81.0 cm³/mol. The maximum absolute atomic E-state index is 11.5. The van der Waals surface area contributed by atoms with Crippen molar-refractivity contribution in [2.45, 2.75) is 33.4 Å². The van der Waals surface area contributed by atoms with Gasteiger partial charge in [-0.3, -0.25) is 9.69 Å². The van der Waals surface area contributed by atoms with Gasteiger partial charge in [0.25, 0.3) is 5.91 Å². The molecule has 0 bridgehead atoms. The highest BCUT2D eigenvalue weighted by Crippen LogP contribution is 2.35. The van der Waals surface area contributed by atoms with E-state index in [4.69, 9.17) is 16.0 Å². The van der Waals surface area contributed by atoms with Gasteiger partial charge >= 0.3 is 0 Å². The molecule has 3 rings (SSSR count). The third kappa shape index (κ3) is 2.43. The van der Waals surface area contributed by atoms with Crippen molar-refractivity contribution in [2.75, 3.05) is 12.3 Å². The largest absolute Gasteiger partial charge is 0.390 e. The van der Waals surface area contributed by atoms with Crippen molar-refractivity contribution in [3.8, 4) is 0 Å². The maximum Gasteiger partial charge on any atom is 0.251 e. The first-order valence-corrected chi connectivity index (χ1v) is 7.63. The summed E-state index contributed by atoms with van der Waals surface area (Å²) >= 11 is 1.47. The van der Waals surface area contributed by atoms with Crippen LogP contribution in [0.3, 0.4) is 0 Å². The number of primary amides is 1. The number of thiophene rings is 1. The van der Waals surface area contributed by atoms with Gasteiger partial charge in [-0.05, 0) is 25.8 Å². The Morgan fingerprint density at radius 3 is 2.86 bits per heavy atom. The molecule has 1 aliphatic rings. The van der Waals surface area contributed by atoms with Crippen LogP contribution in [0.5, 0.6) is 0 Å². The highest BCUT2D eigenvalue weighted by atomic mass is 32.1. The fourth-order valence-electron chi connectivity index (χ4n) is 2.83. The van der Waals surface area contributed by atoms with Gasteiger partial charge in [0.2, 0.25) is 0 Å². The average Bonchev–Trinajstić information content (AvgIpc) is 2.91. The summed E-state index contributed by atoms with van der Waals surface area (Å²) in [6.07, 6.45) is 0.796. The normalized spacial score (nSPS) is 15.1. The van der Waals surface area contributed by atoms with Gasteiger partial charge in [-0.1, -0.05) is 5.16 Å². The van der Waals surface area contributed by atoms with E-state index < -0.39 is 5.91 Å². The summed E-state index contributed by atoms with van der Waals surface area (Å²) in [6, 6.07) is 0. The van der Waals surface area contributed by atoms with Gasteiger partial charge in [-0.15, -0.1) is 11.3 Å². The van der Waals surface area contributed by atoms with E-state index in [1.807, 2.05) is 13.8 Å². The molecule has 0 fully saturated rings. The van der Waals surface area contributed by atoms with E-state index in [-0.39, 0.29) is 0 Å². The number of amides is 1. The summed E-state index contributed by atoms with van der Waals surface area (Å²) in [4.78, 5) is 14.9. The summed E-state index contributed by atoms with van der Waals surface area (Å²) in [7, 11) is 0. The fraction of sp³-hybridized carbons (Fsp3) is 0.429. The topological polar surface area (TPSA) is 98.4 Å². The first-order chi connectivity index (χ1) is 9.97. The Bertz CT molecular complexity index is 685. The highest BCUT2D eigenvalue weighted by molar-refractivity contribution is 7.16. The molecule has 0 atom stereocenters. The molecular weight excluding hydrogens is 288 g/mol. The molecule has 2 aromatic rings. The van der Waals surface area contributed by atoms with Crippen LogP contribution in [-0.4, -0.2) is 22.5 Å². The number of rotatable bonds is 3. The van der Waals surface area contributed by atoms with Gasteiger partial charge in [-0.2, -0.15) is 0 Å². The number of hydrogen-bond acceptors (Lipinski definition) is 6. The molecule has 7 heteroatoms. The number of nitrogens with two attached hydrogens (primary N) is 2. The summed E-state index contributed by atoms with van der Waals surface area (Å²) in [6.45, 7) is 6.33. The van der Waals surface area contributed by atoms with Crippen LogP contribution in [0.4, 0.5) is 5.00 Å². The van der Waals surface area contributed by atoms with Crippen molar-refractivity contribution in [3.05, 3.63) is 33.0 Å². The van der Waals surface area contributed by atoms with Crippen molar-refractivity contribution in [3.63, 3.8) is 0 Å².